The third kappa shape index (κ3) is 3.96. The molecule has 3 aromatic rings. The number of hydrogen-bond acceptors (Lipinski definition) is 5. The first-order chi connectivity index (χ1) is 12.5. The van der Waals surface area contributed by atoms with Gasteiger partial charge in [-0.2, -0.15) is 0 Å². The van der Waals surface area contributed by atoms with Crippen LogP contribution in [0.2, 0.25) is 0 Å². The van der Waals surface area contributed by atoms with Crippen molar-refractivity contribution in [3.8, 4) is 11.5 Å². The summed E-state index contributed by atoms with van der Waals surface area (Å²) in [5.74, 6) is 1.10. The van der Waals surface area contributed by atoms with Crippen LogP contribution >= 0.6 is 11.3 Å². The van der Waals surface area contributed by atoms with Crippen LogP contribution in [0.3, 0.4) is 0 Å². The number of benzene rings is 2. The summed E-state index contributed by atoms with van der Waals surface area (Å²) in [5.41, 5.74) is 1.52. The van der Waals surface area contributed by atoms with Crippen LogP contribution in [0.1, 0.15) is 29.2 Å². The first-order valence-electron chi connectivity index (χ1n) is 8.42. The monoisotopic (exact) mass is 370 g/mol. The summed E-state index contributed by atoms with van der Waals surface area (Å²) < 4.78 is 12.2. The van der Waals surface area contributed by atoms with Crippen LogP contribution in [0, 0.1) is 0 Å². The molecule has 5 nitrogen and oxygen atoms in total. The second-order valence-corrected chi connectivity index (χ2v) is 7.38. The van der Waals surface area contributed by atoms with Gasteiger partial charge in [-0.15, -0.1) is 11.3 Å². The minimum absolute atomic E-state index is 0.0344. The Morgan fingerprint density at radius 3 is 2.65 bits per heavy atom. The van der Waals surface area contributed by atoms with Crippen molar-refractivity contribution in [3.05, 3.63) is 53.0 Å². The fourth-order valence-electron chi connectivity index (χ4n) is 2.63. The van der Waals surface area contributed by atoms with Crippen LogP contribution < -0.4 is 9.47 Å². The Labute approximate surface area is 157 Å². The number of ether oxygens (including phenoxy) is 2. The molecule has 1 heterocycles. The average molecular weight is 370 g/mol. The van der Waals surface area contributed by atoms with Crippen LogP contribution in [-0.2, 0) is 6.54 Å². The van der Waals surface area contributed by atoms with E-state index in [0.717, 1.165) is 15.2 Å². The molecule has 0 saturated carbocycles. The summed E-state index contributed by atoms with van der Waals surface area (Å²) in [4.78, 5) is 19.0. The molecule has 3 rings (SSSR count). The molecular weight excluding hydrogens is 348 g/mol. The maximum atomic E-state index is 12.8. The number of aromatic nitrogens is 1. The third-order valence-electron chi connectivity index (χ3n) is 3.83. The van der Waals surface area contributed by atoms with Crippen molar-refractivity contribution < 1.29 is 14.3 Å². The Morgan fingerprint density at radius 2 is 1.96 bits per heavy atom. The molecule has 1 aromatic heterocycles. The van der Waals surface area contributed by atoms with Gasteiger partial charge < -0.3 is 14.4 Å². The molecule has 0 saturated heterocycles. The molecule has 0 aliphatic carbocycles. The number of carbonyl (C=O) groups is 1. The summed E-state index contributed by atoms with van der Waals surface area (Å²) >= 11 is 1.61. The summed E-state index contributed by atoms with van der Waals surface area (Å²) in [6.45, 7) is 4.36. The van der Waals surface area contributed by atoms with Gasteiger partial charge in [0.2, 0.25) is 0 Å². The number of rotatable bonds is 6. The van der Waals surface area contributed by atoms with E-state index in [2.05, 4.69) is 4.98 Å². The Balaban J connectivity index is 1.77. The van der Waals surface area contributed by atoms with Gasteiger partial charge in [-0.3, -0.25) is 4.79 Å². The third-order valence-corrected chi connectivity index (χ3v) is 4.85. The molecule has 0 fully saturated rings. The van der Waals surface area contributed by atoms with Gasteiger partial charge in [0.25, 0.3) is 5.91 Å². The molecule has 0 aliphatic rings. The lowest BCUT2D eigenvalue weighted by Crippen LogP contribution is -2.26. The first-order valence-corrected chi connectivity index (χ1v) is 9.24. The van der Waals surface area contributed by atoms with Crippen LogP contribution in [0.25, 0.3) is 10.2 Å². The van der Waals surface area contributed by atoms with Crippen LogP contribution in [-0.4, -0.2) is 36.1 Å². The van der Waals surface area contributed by atoms with E-state index in [1.54, 1.807) is 48.6 Å². The number of thiazole rings is 1. The number of para-hydroxylation sites is 1. The molecule has 0 atom stereocenters. The fraction of sp³-hybridized carbons (Fsp3) is 0.300. The molecule has 0 aliphatic heterocycles. The van der Waals surface area contributed by atoms with E-state index in [9.17, 15) is 4.79 Å². The van der Waals surface area contributed by atoms with Gasteiger partial charge in [0.15, 0.2) is 11.5 Å². The zero-order valence-corrected chi connectivity index (χ0v) is 16.2. The van der Waals surface area contributed by atoms with E-state index in [1.165, 1.54) is 0 Å². The number of hydrogen-bond donors (Lipinski definition) is 0. The molecule has 0 N–H and O–H groups in total. The Bertz CT molecular complexity index is 887. The van der Waals surface area contributed by atoms with Crippen molar-refractivity contribution in [1.29, 1.82) is 0 Å². The average Bonchev–Trinajstić information content (AvgIpc) is 3.03. The predicted molar refractivity (Wildman–Crippen MR) is 104 cm³/mol. The minimum atomic E-state index is -0.0846. The van der Waals surface area contributed by atoms with Gasteiger partial charge in [0.05, 0.1) is 30.0 Å². The van der Waals surface area contributed by atoms with Crippen molar-refractivity contribution >= 4 is 27.5 Å². The van der Waals surface area contributed by atoms with Crippen LogP contribution in [0.4, 0.5) is 0 Å². The quantitative estimate of drug-likeness (QED) is 0.647. The summed E-state index contributed by atoms with van der Waals surface area (Å²) in [7, 11) is 3.35. The van der Waals surface area contributed by atoms with E-state index >= 15 is 0 Å². The van der Waals surface area contributed by atoms with Crippen molar-refractivity contribution in [2.24, 2.45) is 0 Å². The molecule has 1 amide bonds. The van der Waals surface area contributed by atoms with Gasteiger partial charge >= 0.3 is 0 Å². The second kappa shape index (κ2) is 7.74. The number of nitrogens with zero attached hydrogens (tertiary/aromatic N) is 2. The van der Waals surface area contributed by atoms with Gasteiger partial charge in [-0.05, 0) is 44.2 Å². The van der Waals surface area contributed by atoms with Crippen LogP contribution in [0.15, 0.2) is 42.5 Å². The van der Waals surface area contributed by atoms with E-state index in [1.807, 2.05) is 38.1 Å². The topological polar surface area (TPSA) is 51.7 Å². The minimum Gasteiger partial charge on any atom is -0.493 e. The Kier molecular flexibility index (Phi) is 5.42. The lowest BCUT2D eigenvalue weighted by Gasteiger charge is -2.18. The molecule has 136 valence electrons. The molecule has 0 bridgehead atoms. The Morgan fingerprint density at radius 1 is 1.19 bits per heavy atom. The molecular formula is C20H22N2O3S. The number of carbonyl (C=O) groups excluding carboxylic acids is 1. The van der Waals surface area contributed by atoms with Crippen molar-refractivity contribution in [2.75, 3.05) is 14.2 Å². The normalized spacial score (nSPS) is 11.0. The highest BCUT2D eigenvalue weighted by molar-refractivity contribution is 7.18. The van der Waals surface area contributed by atoms with E-state index in [4.69, 9.17) is 9.47 Å². The molecule has 0 spiro atoms. The molecule has 0 unspecified atom stereocenters. The summed E-state index contributed by atoms with van der Waals surface area (Å²) in [6, 6.07) is 13.2. The first kappa shape index (κ1) is 18.2. The van der Waals surface area contributed by atoms with Crippen molar-refractivity contribution in [3.63, 3.8) is 0 Å². The molecule has 26 heavy (non-hydrogen) atoms. The van der Waals surface area contributed by atoms with Gasteiger partial charge in [-0.1, -0.05) is 12.1 Å². The zero-order chi connectivity index (χ0) is 18.7. The zero-order valence-electron chi connectivity index (χ0n) is 15.4. The molecule has 6 heteroatoms. The van der Waals surface area contributed by atoms with Crippen molar-refractivity contribution in [2.45, 2.75) is 26.5 Å². The maximum Gasteiger partial charge on any atom is 0.254 e. The number of methoxy groups -OCH3 is 1. The second-order valence-electron chi connectivity index (χ2n) is 6.27. The lowest BCUT2D eigenvalue weighted by molar-refractivity contribution is 0.0784. The van der Waals surface area contributed by atoms with Gasteiger partial charge in [-0.25, -0.2) is 4.98 Å². The van der Waals surface area contributed by atoms with E-state index in [-0.39, 0.29) is 12.0 Å². The van der Waals surface area contributed by atoms with Crippen molar-refractivity contribution in [1.82, 2.24) is 9.88 Å². The maximum absolute atomic E-state index is 12.8. The van der Waals surface area contributed by atoms with E-state index < -0.39 is 0 Å². The largest absolute Gasteiger partial charge is 0.493 e. The van der Waals surface area contributed by atoms with E-state index in [0.29, 0.717) is 23.6 Å². The van der Waals surface area contributed by atoms with Crippen LogP contribution in [0.5, 0.6) is 11.5 Å². The number of amides is 1. The van der Waals surface area contributed by atoms with Gasteiger partial charge in [0, 0.05) is 12.6 Å². The standard InChI is InChI=1S/C20H22N2O3S/c1-13(2)25-16-10-9-14(11-17(16)24-4)20(23)22(3)12-19-21-15-7-5-6-8-18(15)26-19/h5-11,13H,12H2,1-4H3. The number of fused-ring (bicyclic) bond motifs is 1. The highest BCUT2D eigenvalue weighted by Crippen LogP contribution is 2.30. The fourth-order valence-corrected chi connectivity index (χ4v) is 3.66. The summed E-state index contributed by atoms with van der Waals surface area (Å²) in [5, 5.41) is 0.911. The highest BCUT2D eigenvalue weighted by atomic mass is 32.1. The Hall–Kier alpha value is -2.60. The SMILES string of the molecule is COc1cc(C(=O)N(C)Cc2nc3ccccc3s2)ccc1OC(C)C. The lowest BCUT2D eigenvalue weighted by atomic mass is 10.1. The molecule has 0 radical (unpaired) electrons. The highest BCUT2D eigenvalue weighted by Gasteiger charge is 2.17. The predicted octanol–water partition coefficient (Wildman–Crippen LogP) is 4.36. The van der Waals surface area contributed by atoms with Gasteiger partial charge in [0.1, 0.15) is 5.01 Å². The molecule has 2 aromatic carbocycles. The smallest absolute Gasteiger partial charge is 0.254 e. The summed E-state index contributed by atoms with van der Waals surface area (Å²) in [6.07, 6.45) is 0.0344.